The molecule has 0 radical (unpaired) electrons. The molecule has 0 aliphatic carbocycles. The van der Waals surface area contributed by atoms with Gasteiger partial charge < -0.3 is 9.47 Å². The lowest BCUT2D eigenvalue weighted by molar-refractivity contribution is -0.150. The lowest BCUT2D eigenvalue weighted by Gasteiger charge is -2.31. The van der Waals surface area contributed by atoms with E-state index in [0.29, 0.717) is 17.1 Å². The summed E-state index contributed by atoms with van der Waals surface area (Å²) in [5, 5.41) is 8.66. The molecule has 142 valence electrons. The average Bonchev–Trinajstić information content (AvgIpc) is 2.61. The molecule has 2 heterocycles. The van der Waals surface area contributed by atoms with Crippen molar-refractivity contribution in [3.63, 3.8) is 0 Å². The summed E-state index contributed by atoms with van der Waals surface area (Å²) in [7, 11) is 0. The molecule has 0 N–H and O–H groups in total. The van der Waals surface area contributed by atoms with Gasteiger partial charge in [-0.05, 0) is 39.8 Å². The van der Waals surface area contributed by atoms with Gasteiger partial charge in [-0.1, -0.05) is 6.07 Å². The maximum atomic E-state index is 12.8. The van der Waals surface area contributed by atoms with E-state index in [1.54, 1.807) is 52.1 Å². The minimum absolute atomic E-state index is 0.0230. The van der Waals surface area contributed by atoms with Crippen LogP contribution in [0.5, 0.6) is 0 Å². The zero-order valence-electron chi connectivity index (χ0n) is 15.9. The summed E-state index contributed by atoms with van der Waals surface area (Å²) in [6, 6.07) is 7.24. The van der Waals surface area contributed by atoms with Gasteiger partial charge in [0.2, 0.25) is 0 Å². The van der Waals surface area contributed by atoms with Gasteiger partial charge in [0.15, 0.2) is 0 Å². The van der Waals surface area contributed by atoms with E-state index in [4.69, 9.17) is 14.7 Å². The maximum absolute atomic E-state index is 12.8. The van der Waals surface area contributed by atoms with Crippen molar-refractivity contribution < 1.29 is 19.1 Å². The Morgan fingerprint density at radius 2 is 2.04 bits per heavy atom. The number of rotatable bonds is 6. The van der Waals surface area contributed by atoms with Gasteiger partial charge >= 0.3 is 11.9 Å². The summed E-state index contributed by atoms with van der Waals surface area (Å²) in [5.74, 6) is -2.50. The Morgan fingerprint density at radius 1 is 1.30 bits per heavy atom. The number of allylic oxidation sites excluding steroid dienone is 1. The fraction of sp³-hybridized carbons (Fsp3) is 0.450. The number of ether oxygens (including phenoxy) is 2. The van der Waals surface area contributed by atoms with E-state index in [1.165, 1.54) is 0 Å². The van der Waals surface area contributed by atoms with Crippen molar-refractivity contribution in [3.05, 3.63) is 41.4 Å². The second-order valence-corrected chi connectivity index (χ2v) is 6.49. The molecule has 0 fully saturated rings. The molecule has 0 aromatic carbocycles. The normalized spacial score (nSPS) is 19.3. The molecule has 2 rings (SSSR count). The van der Waals surface area contributed by atoms with Gasteiger partial charge in [0.25, 0.3) is 0 Å². The van der Waals surface area contributed by atoms with E-state index in [1.807, 2.05) is 6.07 Å². The minimum atomic E-state index is -0.774. The van der Waals surface area contributed by atoms with E-state index in [0.717, 1.165) is 0 Å². The van der Waals surface area contributed by atoms with Crippen LogP contribution in [0.25, 0.3) is 0 Å². The van der Waals surface area contributed by atoms with Crippen LogP contribution in [0.15, 0.2) is 40.7 Å². The van der Waals surface area contributed by atoms with E-state index in [-0.39, 0.29) is 24.7 Å². The van der Waals surface area contributed by atoms with Crippen LogP contribution < -0.4 is 0 Å². The molecule has 1 aromatic rings. The van der Waals surface area contributed by atoms with Crippen LogP contribution in [0, 0.1) is 17.2 Å². The van der Waals surface area contributed by atoms with E-state index in [9.17, 15) is 9.59 Å². The van der Waals surface area contributed by atoms with Gasteiger partial charge in [-0.15, -0.1) is 0 Å². The molecular weight excluding hydrogens is 346 g/mol. The van der Waals surface area contributed by atoms with Crippen molar-refractivity contribution in [1.29, 1.82) is 5.26 Å². The third-order valence-corrected chi connectivity index (χ3v) is 4.11. The summed E-state index contributed by atoms with van der Waals surface area (Å²) < 4.78 is 10.6. The highest BCUT2D eigenvalue weighted by Gasteiger charge is 2.43. The monoisotopic (exact) mass is 369 g/mol. The van der Waals surface area contributed by atoms with Gasteiger partial charge in [-0.25, -0.2) is 4.79 Å². The number of aromatic nitrogens is 1. The molecule has 0 saturated heterocycles. The Morgan fingerprint density at radius 3 is 2.63 bits per heavy atom. The molecule has 1 aliphatic heterocycles. The van der Waals surface area contributed by atoms with Crippen LogP contribution in [-0.4, -0.2) is 35.3 Å². The molecule has 2 unspecified atom stereocenters. The first-order chi connectivity index (χ1) is 12.9. The van der Waals surface area contributed by atoms with Crippen LogP contribution in [0.1, 0.15) is 45.7 Å². The Labute approximate surface area is 158 Å². The molecular formula is C20H23N3O4. The predicted molar refractivity (Wildman–Crippen MR) is 98.7 cm³/mol. The van der Waals surface area contributed by atoms with Crippen LogP contribution >= 0.6 is 0 Å². The number of esters is 2. The van der Waals surface area contributed by atoms with E-state index in [2.05, 4.69) is 9.98 Å². The van der Waals surface area contributed by atoms with Crippen LogP contribution in [0.2, 0.25) is 0 Å². The zero-order chi connectivity index (χ0) is 20.0. The zero-order valence-corrected chi connectivity index (χ0v) is 15.9. The highest BCUT2D eigenvalue weighted by molar-refractivity contribution is 6.06. The van der Waals surface area contributed by atoms with Crippen molar-refractivity contribution in [2.75, 3.05) is 6.61 Å². The SMILES string of the molecule is CC1=NC(C)=C(C(=O)OCCC#N)C(c2ccccn2)C1C(=O)OC(C)C. The van der Waals surface area contributed by atoms with Crippen LogP contribution in [0.3, 0.4) is 0 Å². The number of nitrogens with zero attached hydrogens (tertiary/aromatic N) is 3. The number of hydrogen-bond donors (Lipinski definition) is 0. The Hall–Kier alpha value is -3.01. The first kappa shape index (κ1) is 20.3. The summed E-state index contributed by atoms with van der Waals surface area (Å²) in [4.78, 5) is 34.3. The Balaban J connectivity index is 2.50. The topological polar surface area (TPSA) is 102 Å². The second-order valence-electron chi connectivity index (χ2n) is 6.49. The molecule has 0 saturated carbocycles. The van der Waals surface area contributed by atoms with Gasteiger partial charge in [0.05, 0.1) is 30.1 Å². The Bertz CT molecular complexity index is 806. The number of pyridine rings is 1. The van der Waals surface area contributed by atoms with E-state index >= 15 is 0 Å². The van der Waals surface area contributed by atoms with Crippen LogP contribution in [-0.2, 0) is 19.1 Å². The predicted octanol–water partition coefficient (Wildman–Crippen LogP) is 2.94. The van der Waals surface area contributed by atoms with Gasteiger partial charge in [-0.2, -0.15) is 5.26 Å². The van der Waals surface area contributed by atoms with Crippen molar-refractivity contribution in [3.8, 4) is 6.07 Å². The highest BCUT2D eigenvalue weighted by Crippen LogP contribution is 2.39. The average molecular weight is 369 g/mol. The summed E-state index contributed by atoms with van der Waals surface area (Å²) >= 11 is 0. The minimum Gasteiger partial charge on any atom is -0.462 e. The molecule has 0 amide bonds. The third kappa shape index (κ3) is 4.79. The molecule has 7 heteroatoms. The molecule has 0 spiro atoms. The van der Waals surface area contributed by atoms with Gasteiger partial charge in [-0.3, -0.25) is 14.8 Å². The number of hydrogen-bond acceptors (Lipinski definition) is 7. The fourth-order valence-corrected chi connectivity index (χ4v) is 3.06. The van der Waals surface area contributed by atoms with Crippen molar-refractivity contribution in [1.82, 2.24) is 4.98 Å². The maximum Gasteiger partial charge on any atom is 0.336 e. The lowest BCUT2D eigenvalue weighted by atomic mass is 9.77. The smallest absolute Gasteiger partial charge is 0.336 e. The molecule has 27 heavy (non-hydrogen) atoms. The fourth-order valence-electron chi connectivity index (χ4n) is 3.06. The van der Waals surface area contributed by atoms with Crippen molar-refractivity contribution >= 4 is 17.7 Å². The molecule has 7 nitrogen and oxygen atoms in total. The molecule has 0 bridgehead atoms. The third-order valence-electron chi connectivity index (χ3n) is 4.11. The number of carbonyl (C=O) groups excluding carboxylic acids is 2. The molecule has 1 aromatic heterocycles. The van der Waals surface area contributed by atoms with Crippen LogP contribution in [0.4, 0.5) is 0 Å². The van der Waals surface area contributed by atoms with Gasteiger partial charge in [0.1, 0.15) is 12.5 Å². The quantitative estimate of drug-likeness (QED) is 0.564. The van der Waals surface area contributed by atoms with Crippen molar-refractivity contribution in [2.45, 2.75) is 46.1 Å². The van der Waals surface area contributed by atoms with Crippen molar-refractivity contribution in [2.24, 2.45) is 10.9 Å². The summed E-state index contributed by atoms with van der Waals surface area (Å²) in [5.41, 5.74) is 1.85. The molecule has 1 aliphatic rings. The number of nitriles is 1. The first-order valence-electron chi connectivity index (χ1n) is 8.78. The largest absolute Gasteiger partial charge is 0.462 e. The second kappa shape index (κ2) is 9.08. The number of carbonyl (C=O) groups is 2. The standard InChI is InChI=1S/C20H23N3O4/c1-12(2)27-20(25)17-14(4)23-13(3)16(19(24)26-11-7-9-21)18(17)15-8-5-6-10-22-15/h5-6,8,10,12,17-18H,7,11H2,1-4H3. The molecule has 2 atom stereocenters. The number of aliphatic imine (C=N–C) groups is 1. The summed E-state index contributed by atoms with van der Waals surface area (Å²) in [6.07, 6.45) is 1.40. The van der Waals surface area contributed by atoms with E-state index < -0.39 is 23.8 Å². The Kier molecular flexibility index (Phi) is 6.83. The van der Waals surface area contributed by atoms with Gasteiger partial charge in [0, 0.05) is 23.3 Å². The first-order valence-corrected chi connectivity index (χ1v) is 8.78. The lowest BCUT2D eigenvalue weighted by Crippen LogP contribution is -2.37. The summed E-state index contributed by atoms with van der Waals surface area (Å²) in [6.45, 7) is 6.95. The highest BCUT2D eigenvalue weighted by atomic mass is 16.5.